The zero-order chi connectivity index (χ0) is 29.7. The summed E-state index contributed by atoms with van der Waals surface area (Å²) in [6.07, 6.45) is 8.06. The van der Waals surface area contributed by atoms with E-state index >= 15 is 0 Å². The van der Waals surface area contributed by atoms with Crippen LogP contribution in [0.3, 0.4) is 0 Å². The summed E-state index contributed by atoms with van der Waals surface area (Å²) in [6.45, 7) is 8.59. The molecule has 250 valence electrons. The van der Waals surface area contributed by atoms with Gasteiger partial charge >= 0.3 is 0 Å². The van der Waals surface area contributed by atoms with Crippen molar-refractivity contribution in [2.24, 2.45) is 22.9 Å². The fraction of sp³-hybridized carbons (Fsp3) is 0.400. The fourth-order valence-electron chi connectivity index (χ4n) is 4.29. The van der Waals surface area contributed by atoms with Crippen LogP contribution in [0.2, 0.25) is 0 Å². The third kappa shape index (κ3) is 13.6. The number of carbonyl (C=O) groups excluding carboxylic acids is 2. The fourth-order valence-corrected chi connectivity index (χ4v) is 4.29. The van der Waals surface area contributed by atoms with Gasteiger partial charge in [0.05, 0.1) is 23.5 Å². The molecular formula is C30H48Cl4N6O4. The number of nitrogens with two attached hydrogens (primary N) is 4. The number of rotatable bonds is 17. The lowest BCUT2D eigenvalue weighted by Gasteiger charge is -2.19. The number of allylic oxidation sites excluding steroid dienone is 2. The Bertz CT molecular complexity index is 1110. The molecule has 0 saturated heterocycles. The second-order valence-electron chi connectivity index (χ2n) is 9.83. The van der Waals surface area contributed by atoms with Gasteiger partial charge in [-0.15, -0.1) is 62.8 Å². The van der Waals surface area contributed by atoms with E-state index in [2.05, 4.69) is 23.8 Å². The molecule has 0 fully saturated rings. The highest BCUT2D eigenvalue weighted by molar-refractivity contribution is 6.00. The van der Waals surface area contributed by atoms with E-state index in [1.807, 2.05) is 0 Å². The van der Waals surface area contributed by atoms with Crippen LogP contribution in [-0.2, 0) is 22.4 Å². The number of nitrogens with one attached hydrogen (secondary N) is 2. The highest BCUT2D eigenvalue weighted by atomic mass is 35.5. The summed E-state index contributed by atoms with van der Waals surface area (Å²) < 4.78 is 0. The molecule has 0 radical (unpaired) electrons. The predicted octanol–water partition coefficient (Wildman–Crippen LogP) is 4.70. The van der Waals surface area contributed by atoms with Crippen molar-refractivity contribution in [3.63, 3.8) is 0 Å². The number of carbonyl (C=O) groups is 2. The van der Waals surface area contributed by atoms with E-state index in [4.69, 9.17) is 22.9 Å². The van der Waals surface area contributed by atoms with Crippen LogP contribution in [-0.4, -0.2) is 47.2 Å². The maximum absolute atomic E-state index is 12.8. The number of amides is 2. The second kappa shape index (κ2) is 23.8. The number of hydrogen-bond acceptors (Lipinski definition) is 8. The number of hydrogen-bond donors (Lipinski definition) is 8. The number of phenolic OH excluding ortho intramolecular Hbond substituents is 2. The summed E-state index contributed by atoms with van der Waals surface area (Å²) in [4.78, 5) is 25.6. The van der Waals surface area contributed by atoms with Crippen LogP contribution in [0.15, 0.2) is 49.6 Å². The minimum atomic E-state index is -0.780. The van der Waals surface area contributed by atoms with Gasteiger partial charge in [0.25, 0.3) is 0 Å². The molecule has 0 spiro atoms. The van der Waals surface area contributed by atoms with Gasteiger partial charge in [-0.3, -0.25) is 9.59 Å². The molecule has 0 unspecified atom stereocenters. The Balaban J connectivity index is -0.00000420. The predicted molar refractivity (Wildman–Crippen MR) is 191 cm³/mol. The largest absolute Gasteiger partial charge is 0.505 e. The molecule has 2 rings (SSSR count). The van der Waals surface area contributed by atoms with E-state index < -0.39 is 23.9 Å². The number of aromatic hydroxyl groups is 2. The van der Waals surface area contributed by atoms with Crippen molar-refractivity contribution in [1.82, 2.24) is 0 Å². The van der Waals surface area contributed by atoms with E-state index in [0.717, 1.165) is 24.0 Å². The first kappa shape index (κ1) is 45.9. The first-order chi connectivity index (χ1) is 19.2. The molecule has 0 aliphatic heterocycles. The van der Waals surface area contributed by atoms with Crippen LogP contribution in [0.5, 0.6) is 11.5 Å². The Morgan fingerprint density at radius 1 is 0.682 bits per heavy atom. The minimum Gasteiger partial charge on any atom is -0.505 e. The molecule has 0 aliphatic carbocycles. The van der Waals surface area contributed by atoms with E-state index in [-0.39, 0.29) is 83.6 Å². The van der Waals surface area contributed by atoms with Gasteiger partial charge in [0.2, 0.25) is 11.8 Å². The molecule has 2 aromatic carbocycles. The summed E-state index contributed by atoms with van der Waals surface area (Å²) in [5, 5.41) is 28.0. The van der Waals surface area contributed by atoms with Gasteiger partial charge in [0, 0.05) is 11.1 Å². The maximum Gasteiger partial charge on any atom is 0.241 e. The van der Waals surface area contributed by atoms with Crippen LogP contribution in [0, 0.1) is 0 Å². The summed E-state index contributed by atoms with van der Waals surface area (Å²) >= 11 is 0. The Kier molecular flexibility index (Phi) is 24.8. The van der Waals surface area contributed by atoms with Crippen molar-refractivity contribution < 1.29 is 19.8 Å². The lowest BCUT2D eigenvalue weighted by Crippen LogP contribution is -2.35. The van der Waals surface area contributed by atoms with Crippen molar-refractivity contribution in [3.8, 4) is 22.6 Å². The first-order valence-electron chi connectivity index (χ1n) is 13.6. The van der Waals surface area contributed by atoms with Crippen molar-refractivity contribution in [2.45, 2.75) is 63.5 Å². The molecule has 14 heteroatoms. The topological polar surface area (TPSA) is 203 Å². The summed E-state index contributed by atoms with van der Waals surface area (Å²) in [7, 11) is 0. The van der Waals surface area contributed by atoms with Crippen molar-refractivity contribution in [3.05, 3.63) is 60.7 Å². The van der Waals surface area contributed by atoms with Gasteiger partial charge in [0.1, 0.15) is 11.5 Å². The zero-order valence-corrected chi connectivity index (χ0v) is 28.0. The molecule has 12 N–H and O–H groups in total. The van der Waals surface area contributed by atoms with Crippen molar-refractivity contribution in [1.29, 1.82) is 0 Å². The number of unbranched alkanes of at least 4 members (excludes halogenated alkanes) is 2. The first-order valence-corrected chi connectivity index (χ1v) is 13.6. The third-order valence-corrected chi connectivity index (χ3v) is 6.52. The molecule has 0 saturated carbocycles. The summed E-state index contributed by atoms with van der Waals surface area (Å²) in [5.74, 6) is -1.40. The molecule has 0 heterocycles. The molecule has 44 heavy (non-hydrogen) atoms. The van der Waals surface area contributed by atoms with Crippen LogP contribution < -0.4 is 33.6 Å². The maximum atomic E-state index is 12.8. The highest BCUT2D eigenvalue weighted by Gasteiger charge is 2.22. The standard InChI is InChI=1S/C30H44N6O4.4ClH/c1-3-9-19-15-21(27(37)25(17-19)35-29(39)23(33)11-5-7-13-31)22-16-20(10-4-2)18-26(28(22)38)36-30(40)24(34)12-6-8-14-32;;;;/h3-4,15-18,23-24,37-38H,1-2,5-14,31-34H2,(H,35,39)(H,36,40);4*1H/t23-,24-;;;;/m0..../s1. The summed E-state index contributed by atoms with van der Waals surface area (Å²) in [5.41, 5.74) is 25.4. The second-order valence-corrected chi connectivity index (χ2v) is 9.83. The monoisotopic (exact) mass is 696 g/mol. The molecule has 0 aliphatic rings. The van der Waals surface area contributed by atoms with Crippen molar-refractivity contribution in [2.75, 3.05) is 23.7 Å². The number of benzene rings is 2. The minimum absolute atomic E-state index is 0. The quantitative estimate of drug-likeness (QED) is 0.0660. The number of anilines is 2. The SMILES string of the molecule is C=CCc1cc(NC(=O)[C@@H](N)CCCCN)c(O)c(-c2cc(CC=C)cc(NC(=O)[C@@H](N)CCCCN)c2O)c1.Cl.Cl.Cl.Cl. The average molecular weight is 699 g/mol. The van der Waals surface area contributed by atoms with Gasteiger partial charge in [-0.2, -0.15) is 0 Å². The van der Waals surface area contributed by atoms with Gasteiger partial charge in [-0.25, -0.2) is 0 Å². The average Bonchev–Trinajstić information content (AvgIpc) is 2.92. The van der Waals surface area contributed by atoms with Crippen LogP contribution >= 0.6 is 49.6 Å². The Morgan fingerprint density at radius 2 is 1.02 bits per heavy atom. The van der Waals surface area contributed by atoms with E-state index in [9.17, 15) is 19.8 Å². The smallest absolute Gasteiger partial charge is 0.241 e. The molecule has 2 aromatic rings. The van der Waals surface area contributed by atoms with Crippen LogP contribution in [0.1, 0.15) is 49.7 Å². The third-order valence-electron chi connectivity index (χ3n) is 6.52. The van der Waals surface area contributed by atoms with Gasteiger partial charge in [0.15, 0.2) is 0 Å². The van der Waals surface area contributed by atoms with Gasteiger partial charge in [-0.05, 0) is 87.0 Å². The molecule has 0 bridgehead atoms. The van der Waals surface area contributed by atoms with Gasteiger partial charge < -0.3 is 43.8 Å². The number of halogens is 4. The molecule has 10 nitrogen and oxygen atoms in total. The molecule has 0 aromatic heterocycles. The lowest BCUT2D eigenvalue weighted by molar-refractivity contribution is -0.118. The molecular weight excluding hydrogens is 650 g/mol. The van der Waals surface area contributed by atoms with E-state index in [1.165, 1.54) is 0 Å². The Hall–Kier alpha value is -2.54. The summed E-state index contributed by atoms with van der Waals surface area (Å²) in [6, 6.07) is 5.11. The van der Waals surface area contributed by atoms with Gasteiger partial charge in [-0.1, -0.05) is 25.0 Å². The highest BCUT2D eigenvalue weighted by Crippen LogP contribution is 2.44. The molecule has 2 amide bonds. The number of phenols is 2. The van der Waals surface area contributed by atoms with Crippen LogP contribution in [0.25, 0.3) is 11.1 Å². The lowest BCUT2D eigenvalue weighted by atomic mass is 9.95. The molecule has 2 atom stereocenters. The van der Waals surface area contributed by atoms with E-state index in [0.29, 0.717) is 51.6 Å². The van der Waals surface area contributed by atoms with E-state index in [1.54, 1.807) is 36.4 Å². The Labute approximate surface area is 285 Å². The zero-order valence-electron chi connectivity index (χ0n) is 24.8. The normalized spacial score (nSPS) is 11.3. The Morgan fingerprint density at radius 3 is 1.32 bits per heavy atom. The van der Waals surface area contributed by atoms with Crippen molar-refractivity contribution >= 4 is 72.8 Å². The van der Waals surface area contributed by atoms with Crippen LogP contribution in [0.4, 0.5) is 11.4 Å².